The number of nitrogens with one attached hydrogen (secondary N) is 1. The highest BCUT2D eigenvalue weighted by molar-refractivity contribution is 5.74. The summed E-state index contributed by atoms with van der Waals surface area (Å²) in [5, 5.41) is 2.66. The highest BCUT2D eigenvalue weighted by Crippen LogP contribution is 2.32. The van der Waals surface area contributed by atoms with Gasteiger partial charge in [-0.25, -0.2) is 4.79 Å². The van der Waals surface area contributed by atoms with E-state index in [1.54, 1.807) is 7.05 Å². The van der Waals surface area contributed by atoms with E-state index in [0.717, 1.165) is 25.9 Å². The summed E-state index contributed by atoms with van der Waals surface area (Å²) in [5.74, 6) is 0. The first-order valence-electron chi connectivity index (χ1n) is 4.58. The summed E-state index contributed by atoms with van der Waals surface area (Å²) >= 11 is 0. The van der Waals surface area contributed by atoms with Gasteiger partial charge in [-0.1, -0.05) is 13.8 Å². The number of urea groups is 1. The standard InChI is InChI=1S/C9H18N2O/c1-4-9(2)5-6-11(7-9)8(12)10-3/h4-7H2,1-3H3,(H,10,12). The third-order valence-electron chi connectivity index (χ3n) is 2.91. The first-order chi connectivity index (χ1) is 5.61. The zero-order valence-corrected chi connectivity index (χ0v) is 8.18. The molecule has 2 amide bonds. The molecule has 1 fully saturated rings. The van der Waals surface area contributed by atoms with E-state index >= 15 is 0 Å². The molecule has 0 saturated carbocycles. The molecule has 1 unspecified atom stereocenters. The molecule has 1 aliphatic heterocycles. The number of carbonyl (C=O) groups is 1. The Hall–Kier alpha value is -0.730. The molecule has 1 saturated heterocycles. The van der Waals surface area contributed by atoms with Crippen molar-refractivity contribution in [1.29, 1.82) is 0 Å². The second-order valence-corrected chi connectivity index (χ2v) is 3.89. The number of carbonyl (C=O) groups excluding carboxylic acids is 1. The summed E-state index contributed by atoms with van der Waals surface area (Å²) in [4.78, 5) is 13.1. The number of hydrogen-bond acceptors (Lipinski definition) is 1. The van der Waals surface area contributed by atoms with Crippen LogP contribution in [0.5, 0.6) is 0 Å². The van der Waals surface area contributed by atoms with E-state index in [1.807, 2.05) is 4.90 Å². The van der Waals surface area contributed by atoms with Crippen molar-refractivity contribution in [2.75, 3.05) is 20.1 Å². The molecule has 0 aromatic heterocycles. The third kappa shape index (κ3) is 1.71. The van der Waals surface area contributed by atoms with Crippen LogP contribution in [0.25, 0.3) is 0 Å². The Morgan fingerprint density at radius 3 is 2.75 bits per heavy atom. The van der Waals surface area contributed by atoms with Gasteiger partial charge in [-0.2, -0.15) is 0 Å². The molecule has 3 heteroatoms. The van der Waals surface area contributed by atoms with Gasteiger partial charge in [-0.3, -0.25) is 0 Å². The van der Waals surface area contributed by atoms with Crippen molar-refractivity contribution in [3.05, 3.63) is 0 Å². The summed E-state index contributed by atoms with van der Waals surface area (Å²) in [7, 11) is 1.68. The van der Waals surface area contributed by atoms with Gasteiger partial charge < -0.3 is 10.2 Å². The normalized spacial score (nSPS) is 29.1. The van der Waals surface area contributed by atoms with Gasteiger partial charge in [0.1, 0.15) is 0 Å². The topological polar surface area (TPSA) is 32.3 Å². The van der Waals surface area contributed by atoms with E-state index in [4.69, 9.17) is 0 Å². The Kier molecular flexibility index (Phi) is 2.60. The second-order valence-electron chi connectivity index (χ2n) is 3.89. The first kappa shape index (κ1) is 9.36. The van der Waals surface area contributed by atoms with Crippen LogP contribution in [0.15, 0.2) is 0 Å². The maximum absolute atomic E-state index is 11.2. The maximum Gasteiger partial charge on any atom is 0.317 e. The Balaban J connectivity index is 2.50. The van der Waals surface area contributed by atoms with E-state index in [2.05, 4.69) is 19.2 Å². The molecule has 0 aliphatic carbocycles. The van der Waals surface area contributed by atoms with E-state index < -0.39 is 0 Å². The predicted octanol–water partition coefficient (Wildman–Crippen LogP) is 1.45. The summed E-state index contributed by atoms with van der Waals surface area (Å²) in [6.07, 6.45) is 2.29. The van der Waals surface area contributed by atoms with Crippen LogP contribution in [0.3, 0.4) is 0 Å². The summed E-state index contributed by atoms with van der Waals surface area (Å²) in [6.45, 7) is 6.25. The monoisotopic (exact) mass is 170 g/mol. The fraction of sp³-hybridized carbons (Fsp3) is 0.889. The molecular formula is C9H18N2O. The van der Waals surface area contributed by atoms with Crippen molar-refractivity contribution in [3.63, 3.8) is 0 Å². The van der Waals surface area contributed by atoms with Gasteiger partial charge in [-0.15, -0.1) is 0 Å². The van der Waals surface area contributed by atoms with Crippen molar-refractivity contribution < 1.29 is 4.79 Å². The number of likely N-dealkylation sites (tertiary alicyclic amines) is 1. The molecule has 0 aromatic carbocycles. The lowest BCUT2D eigenvalue weighted by atomic mass is 9.87. The molecule has 0 bridgehead atoms. The molecule has 1 N–H and O–H groups in total. The SMILES string of the molecule is CCC1(C)CCN(C(=O)NC)C1. The van der Waals surface area contributed by atoms with Crippen LogP contribution in [0.1, 0.15) is 26.7 Å². The van der Waals surface area contributed by atoms with Crippen LogP contribution in [-0.4, -0.2) is 31.1 Å². The minimum absolute atomic E-state index is 0.0622. The largest absolute Gasteiger partial charge is 0.341 e. The number of hydrogen-bond donors (Lipinski definition) is 1. The fourth-order valence-corrected chi connectivity index (χ4v) is 1.64. The van der Waals surface area contributed by atoms with E-state index in [1.165, 1.54) is 0 Å². The number of rotatable bonds is 1. The Bertz CT molecular complexity index is 181. The fourth-order valence-electron chi connectivity index (χ4n) is 1.64. The third-order valence-corrected chi connectivity index (χ3v) is 2.91. The molecule has 1 aliphatic rings. The first-order valence-corrected chi connectivity index (χ1v) is 4.58. The zero-order valence-electron chi connectivity index (χ0n) is 8.18. The highest BCUT2D eigenvalue weighted by atomic mass is 16.2. The molecule has 1 atom stereocenters. The number of amides is 2. The van der Waals surface area contributed by atoms with Crippen LogP contribution < -0.4 is 5.32 Å². The lowest BCUT2D eigenvalue weighted by Crippen LogP contribution is -2.37. The van der Waals surface area contributed by atoms with E-state index in [0.29, 0.717) is 5.41 Å². The van der Waals surface area contributed by atoms with Gasteiger partial charge in [-0.05, 0) is 18.3 Å². The summed E-state index contributed by atoms with van der Waals surface area (Å²) in [6, 6.07) is 0.0622. The predicted molar refractivity (Wildman–Crippen MR) is 49.0 cm³/mol. The Labute approximate surface area is 74.1 Å². The second kappa shape index (κ2) is 3.33. The maximum atomic E-state index is 11.2. The van der Waals surface area contributed by atoms with Crippen molar-refractivity contribution in [2.45, 2.75) is 26.7 Å². The van der Waals surface area contributed by atoms with Gasteiger partial charge in [0.15, 0.2) is 0 Å². The van der Waals surface area contributed by atoms with Crippen LogP contribution in [0.4, 0.5) is 4.79 Å². The smallest absolute Gasteiger partial charge is 0.317 e. The van der Waals surface area contributed by atoms with Gasteiger partial charge >= 0.3 is 6.03 Å². The van der Waals surface area contributed by atoms with Crippen LogP contribution in [-0.2, 0) is 0 Å². The van der Waals surface area contributed by atoms with Crippen LogP contribution >= 0.6 is 0 Å². The average molecular weight is 170 g/mol. The van der Waals surface area contributed by atoms with Crippen LogP contribution in [0, 0.1) is 5.41 Å². The number of nitrogens with zero attached hydrogens (tertiary/aromatic N) is 1. The van der Waals surface area contributed by atoms with Crippen molar-refractivity contribution in [3.8, 4) is 0 Å². The van der Waals surface area contributed by atoms with Crippen molar-refractivity contribution in [2.24, 2.45) is 5.41 Å². The minimum atomic E-state index is 0.0622. The summed E-state index contributed by atoms with van der Waals surface area (Å²) < 4.78 is 0. The Morgan fingerprint density at radius 1 is 1.67 bits per heavy atom. The Morgan fingerprint density at radius 2 is 2.33 bits per heavy atom. The highest BCUT2D eigenvalue weighted by Gasteiger charge is 2.33. The molecule has 0 spiro atoms. The van der Waals surface area contributed by atoms with Gasteiger partial charge in [0.2, 0.25) is 0 Å². The molecule has 1 rings (SSSR count). The van der Waals surface area contributed by atoms with Gasteiger partial charge in [0.05, 0.1) is 0 Å². The molecular weight excluding hydrogens is 152 g/mol. The average Bonchev–Trinajstić information content (AvgIpc) is 2.48. The molecule has 70 valence electrons. The zero-order chi connectivity index (χ0) is 9.19. The lowest BCUT2D eigenvalue weighted by molar-refractivity contribution is 0.203. The van der Waals surface area contributed by atoms with E-state index in [-0.39, 0.29) is 6.03 Å². The molecule has 12 heavy (non-hydrogen) atoms. The molecule has 0 aromatic rings. The molecule has 3 nitrogen and oxygen atoms in total. The lowest BCUT2D eigenvalue weighted by Gasteiger charge is -2.22. The summed E-state index contributed by atoms with van der Waals surface area (Å²) in [5.41, 5.74) is 0.354. The van der Waals surface area contributed by atoms with Gasteiger partial charge in [0, 0.05) is 20.1 Å². The van der Waals surface area contributed by atoms with Crippen molar-refractivity contribution >= 4 is 6.03 Å². The van der Waals surface area contributed by atoms with Crippen LogP contribution in [0.2, 0.25) is 0 Å². The van der Waals surface area contributed by atoms with Crippen molar-refractivity contribution in [1.82, 2.24) is 10.2 Å². The van der Waals surface area contributed by atoms with Gasteiger partial charge in [0.25, 0.3) is 0 Å². The van der Waals surface area contributed by atoms with E-state index in [9.17, 15) is 4.79 Å². The quantitative estimate of drug-likeness (QED) is 0.634. The molecule has 0 radical (unpaired) electrons. The minimum Gasteiger partial charge on any atom is -0.341 e. The molecule has 1 heterocycles.